The molecule has 0 radical (unpaired) electrons. The SMILES string of the molecule is CC(C)Cn1c(SC(C)C(=O)N2CCC(C)CC2)nc2ccc(Cl)cc2c1=O. The zero-order chi connectivity index (χ0) is 20.4. The maximum Gasteiger partial charge on any atom is 0.262 e. The van der Waals surface area contributed by atoms with E-state index < -0.39 is 0 Å². The van der Waals surface area contributed by atoms with E-state index in [-0.39, 0.29) is 22.6 Å². The fraction of sp³-hybridized carbons (Fsp3) is 0.571. The molecule has 7 heteroatoms. The molecule has 1 fully saturated rings. The number of benzene rings is 1. The summed E-state index contributed by atoms with van der Waals surface area (Å²) in [5.74, 6) is 1.08. The number of carbonyl (C=O) groups excluding carboxylic acids is 1. The van der Waals surface area contributed by atoms with Crippen LogP contribution in [-0.2, 0) is 11.3 Å². The lowest BCUT2D eigenvalue weighted by atomic mass is 9.99. The highest BCUT2D eigenvalue weighted by molar-refractivity contribution is 8.00. The average molecular weight is 422 g/mol. The number of nitrogens with zero attached hydrogens (tertiary/aromatic N) is 3. The van der Waals surface area contributed by atoms with Crippen LogP contribution in [0.15, 0.2) is 28.2 Å². The number of halogens is 1. The summed E-state index contributed by atoms with van der Waals surface area (Å²) in [4.78, 5) is 32.6. The highest BCUT2D eigenvalue weighted by Gasteiger charge is 2.26. The van der Waals surface area contributed by atoms with E-state index >= 15 is 0 Å². The number of rotatable bonds is 5. The van der Waals surface area contributed by atoms with Gasteiger partial charge in [-0.25, -0.2) is 4.98 Å². The summed E-state index contributed by atoms with van der Waals surface area (Å²) in [6.07, 6.45) is 2.10. The normalized spacial score (nSPS) is 16.7. The smallest absolute Gasteiger partial charge is 0.262 e. The van der Waals surface area contributed by atoms with Crippen molar-refractivity contribution in [3.63, 3.8) is 0 Å². The van der Waals surface area contributed by atoms with E-state index in [0.717, 1.165) is 25.9 Å². The van der Waals surface area contributed by atoms with Crippen molar-refractivity contribution in [2.24, 2.45) is 11.8 Å². The zero-order valence-corrected chi connectivity index (χ0v) is 18.5. The minimum atomic E-state index is -0.288. The van der Waals surface area contributed by atoms with Gasteiger partial charge in [0.05, 0.1) is 16.2 Å². The maximum absolute atomic E-state index is 13.1. The second kappa shape index (κ2) is 8.87. The van der Waals surface area contributed by atoms with Gasteiger partial charge in [-0.3, -0.25) is 14.2 Å². The number of fused-ring (bicyclic) bond motifs is 1. The van der Waals surface area contributed by atoms with E-state index in [1.807, 2.05) is 11.8 Å². The number of piperidine rings is 1. The molecule has 1 amide bonds. The Kier molecular flexibility index (Phi) is 6.71. The van der Waals surface area contributed by atoms with Gasteiger partial charge in [0.15, 0.2) is 5.16 Å². The van der Waals surface area contributed by atoms with Crippen LogP contribution in [0.4, 0.5) is 0 Å². The number of hydrogen-bond donors (Lipinski definition) is 0. The first kappa shape index (κ1) is 21.2. The van der Waals surface area contributed by atoms with Crippen LogP contribution in [-0.4, -0.2) is 38.7 Å². The lowest BCUT2D eigenvalue weighted by molar-refractivity contribution is -0.131. The van der Waals surface area contributed by atoms with Crippen molar-refractivity contribution in [1.82, 2.24) is 14.5 Å². The van der Waals surface area contributed by atoms with E-state index in [2.05, 4.69) is 20.8 Å². The minimum Gasteiger partial charge on any atom is -0.342 e. The van der Waals surface area contributed by atoms with Crippen LogP contribution in [0.25, 0.3) is 10.9 Å². The van der Waals surface area contributed by atoms with Crippen molar-refractivity contribution in [3.8, 4) is 0 Å². The Morgan fingerprint density at radius 3 is 2.61 bits per heavy atom. The van der Waals surface area contributed by atoms with Gasteiger partial charge in [0, 0.05) is 24.7 Å². The Labute approximate surface area is 175 Å². The Balaban J connectivity index is 1.91. The molecule has 0 spiro atoms. The second-order valence-electron chi connectivity index (χ2n) is 8.13. The second-order valence-corrected chi connectivity index (χ2v) is 9.88. The quantitative estimate of drug-likeness (QED) is 0.528. The molecule has 152 valence electrons. The molecule has 0 aliphatic carbocycles. The summed E-state index contributed by atoms with van der Waals surface area (Å²) in [5, 5.41) is 1.34. The topological polar surface area (TPSA) is 55.2 Å². The fourth-order valence-electron chi connectivity index (χ4n) is 3.48. The molecule has 28 heavy (non-hydrogen) atoms. The first-order chi connectivity index (χ1) is 13.3. The third kappa shape index (κ3) is 4.71. The number of aromatic nitrogens is 2. The van der Waals surface area contributed by atoms with Gasteiger partial charge < -0.3 is 4.90 Å². The van der Waals surface area contributed by atoms with Crippen molar-refractivity contribution in [2.75, 3.05) is 13.1 Å². The lowest BCUT2D eigenvalue weighted by Gasteiger charge is -2.32. The van der Waals surface area contributed by atoms with Crippen LogP contribution < -0.4 is 5.56 Å². The number of hydrogen-bond acceptors (Lipinski definition) is 4. The van der Waals surface area contributed by atoms with Crippen molar-refractivity contribution in [2.45, 2.75) is 57.5 Å². The molecular weight excluding hydrogens is 394 g/mol. The molecule has 1 aliphatic rings. The van der Waals surface area contributed by atoms with Crippen LogP contribution in [0, 0.1) is 11.8 Å². The molecule has 1 aliphatic heterocycles. The van der Waals surface area contributed by atoms with E-state index in [0.29, 0.717) is 33.5 Å². The van der Waals surface area contributed by atoms with E-state index in [1.165, 1.54) is 11.8 Å². The van der Waals surface area contributed by atoms with Crippen molar-refractivity contribution >= 4 is 40.2 Å². The predicted octanol–water partition coefficient (Wildman–Crippen LogP) is 4.45. The minimum absolute atomic E-state index is 0.102. The Hall–Kier alpha value is -1.53. The largest absolute Gasteiger partial charge is 0.342 e. The lowest BCUT2D eigenvalue weighted by Crippen LogP contribution is -2.42. The van der Waals surface area contributed by atoms with Crippen LogP contribution in [0.3, 0.4) is 0 Å². The number of likely N-dealkylation sites (tertiary alicyclic amines) is 1. The molecule has 0 saturated carbocycles. The first-order valence-corrected chi connectivity index (χ1v) is 11.2. The Morgan fingerprint density at radius 2 is 1.96 bits per heavy atom. The van der Waals surface area contributed by atoms with Gasteiger partial charge >= 0.3 is 0 Å². The van der Waals surface area contributed by atoms with Crippen molar-refractivity contribution in [3.05, 3.63) is 33.6 Å². The Morgan fingerprint density at radius 1 is 1.29 bits per heavy atom. The molecule has 2 aromatic rings. The molecular formula is C21H28ClN3O2S. The summed E-state index contributed by atoms with van der Waals surface area (Å²) >= 11 is 7.45. The van der Waals surface area contributed by atoms with Crippen molar-refractivity contribution in [1.29, 1.82) is 0 Å². The van der Waals surface area contributed by atoms with E-state index in [9.17, 15) is 9.59 Å². The number of thioether (sulfide) groups is 1. The predicted molar refractivity (Wildman–Crippen MR) is 116 cm³/mol. The van der Waals surface area contributed by atoms with Gasteiger partial charge in [0.25, 0.3) is 5.56 Å². The van der Waals surface area contributed by atoms with Gasteiger partial charge in [0.2, 0.25) is 5.91 Å². The van der Waals surface area contributed by atoms with Gasteiger partial charge in [-0.15, -0.1) is 0 Å². The zero-order valence-electron chi connectivity index (χ0n) is 16.9. The first-order valence-electron chi connectivity index (χ1n) is 9.91. The molecule has 1 atom stereocenters. The van der Waals surface area contributed by atoms with Gasteiger partial charge in [-0.05, 0) is 49.8 Å². The molecule has 1 unspecified atom stereocenters. The summed E-state index contributed by atoms with van der Waals surface area (Å²) in [6, 6.07) is 5.17. The fourth-order valence-corrected chi connectivity index (χ4v) is 4.66. The third-order valence-electron chi connectivity index (χ3n) is 5.15. The summed E-state index contributed by atoms with van der Waals surface area (Å²) in [5.41, 5.74) is 0.512. The molecule has 0 bridgehead atoms. The average Bonchev–Trinajstić information content (AvgIpc) is 2.65. The van der Waals surface area contributed by atoms with Gasteiger partial charge in [-0.1, -0.05) is 44.1 Å². The third-order valence-corrected chi connectivity index (χ3v) is 6.47. The Bertz CT molecular complexity index is 920. The molecule has 1 aromatic heterocycles. The number of amides is 1. The summed E-state index contributed by atoms with van der Waals surface area (Å²) in [6.45, 7) is 10.4. The monoisotopic (exact) mass is 421 g/mol. The van der Waals surface area contributed by atoms with Crippen LogP contribution in [0.1, 0.15) is 40.5 Å². The van der Waals surface area contributed by atoms with E-state index in [4.69, 9.17) is 16.6 Å². The highest BCUT2D eigenvalue weighted by atomic mass is 35.5. The highest BCUT2D eigenvalue weighted by Crippen LogP contribution is 2.27. The summed E-state index contributed by atoms with van der Waals surface area (Å²) < 4.78 is 1.69. The van der Waals surface area contributed by atoms with Gasteiger partial charge in [0.1, 0.15) is 0 Å². The number of carbonyl (C=O) groups is 1. The van der Waals surface area contributed by atoms with Crippen LogP contribution in [0.2, 0.25) is 5.02 Å². The molecule has 0 N–H and O–H groups in total. The summed E-state index contributed by atoms with van der Waals surface area (Å²) in [7, 11) is 0. The van der Waals surface area contributed by atoms with Crippen molar-refractivity contribution < 1.29 is 4.79 Å². The molecule has 2 heterocycles. The maximum atomic E-state index is 13.1. The molecule has 5 nitrogen and oxygen atoms in total. The van der Waals surface area contributed by atoms with Gasteiger partial charge in [-0.2, -0.15) is 0 Å². The van der Waals surface area contributed by atoms with E-state index in [1.54, 1.807) is 22.8 Å². The molecule has 1 saturated heterocycles. The standard InChI is InChI=1S/C21H28ClN3O2S/c1-13(2)12-25-20(27)17-11-16(22)5-6-18(17)23-21(25)28-15(4)19(26)24-9-7-14(3)8-10-24/h5-6,11,13-15H,7-10,12H2,1-4H3. The van der Waals surface area contributed by atoms with Crippen LogP contribution in [0.5, 0.6) is 0 Å². The van der Waals surface area contributed by atoms with Crippen LogP contribution >= 0.6 is 23.4 Å². The molecule has 3 rings (SSSR count). The molecule has 1 aromatic carbocycles.